The smallest absolute Gasteiger partial charge is 0.0485 e. The number of hydrogen-bond donors (Lipinski definition) is 0. The van der Waals surface area contributed by atoms with E-state index in [9.17, 15) is 0 Å². The lowest BCUT2D eigenvalue weighted by Gasteiger charge is -2.25. The molecule has 1 aliphatic heterocycles. The molecule has 19 heavy (non-hydrogen) atoms. The molecular weight excluding hydrogens is 322 g/mol. The van der Waals surface area contributed by atoms with Crippen LogP contribution in [0.25, 0.3) is 0 Å². The summed E-state index contributed by atoms with van der Waals surface area (Å²) in [6.45, 7) is 2.27. The third-order valence-electron chi connectivity index (χ3n) is 3.67. The average Bonchev–Trinajstić information content (AvgIpc) is 2.74. The Morgan fingerprint density at radius 3 is 2.79 bits per heavy atom. The number of rotatable bonds is 2. The number of halogens is 2. The largest absolute Gasteiger partial charge is 0.338 e. The van der Waals surface area contributed by atoms with Crippen LogP contribution in [0.2, 0.25) is 0 Å². The van der Waals surface area contributed by atoms with Gasteiger partial charge < -0.3 is 4.90 Å². The Labute approximate surface area is 127 Å². The van der Waals surface area contributed by atoms with Crippen LogP contribution in [0, 0.1) is 0 Å². The molecule has 0 fully saturated rings. The summed E-state index contributed by atoms with van der Waals surface area (Å²) in [6, 6.07) is 15.5. The molecule has 0 bridgehead atoms. The van der Waals surface area contributed by atoms with E-state index >= 15 is 0 Å². The zero-order valence-electron chi connectivity index (χ0n) is 10.7. The number of benzene rings is 2. The summed E-state index contributed by atoms with van der Waals surface area (Å²) in [5.41, 5.74) is 5.09. The Balaban J connectivity index is 2.05. The summed E-state index contributed by atoms with van der Waals surface area (Å²) in [7, 11) is 0. The van der Waals surface area contributed by atoms with E-state index < -0.39 is 0 Å². The SMILES string of the molecule is CC1Cc2ccccc2N1c1ccc(CCl)c(Br)c1. The molecule has 0 saturated heterocycles. The molecule has 0 amide bonds. The molecule has 1 heterocycles. The van der Waals surface area contributed by atoms with Crippen LogP contribution >= 0.6 is 27.5 Å². The Morgan fingerprint density at radius 1 is 1.26 bits per heavy atom. The van der Waals surface area contributed by atoms with E-state index in [0.29, 0.717) is 11.9 Å². The second-order valence-corrected chi connectivity index (χ2v) is 6.08. The second kappa shape index (κ2) is 5.18. The van der Waals surface area contributed by atoms with E-state index in [1.54, 1.807) is 0 Å². The molecule has 0 saturated carbocycles. The van der Waals surface area contributed by atoms with Gasteiger partial charge in [0.15, 0.2) is 0 Å². The zero-order valence-corrected chi connectivity index (χ0v) is 13.1. The van der Waals surface area contributed by atoms with Crippen LogP contribution in [0.4, 0.5) is 11.4 Å². The van der Waals surface area contributed by atoms with Crippen molar-refractivity contribution in [3.8, 4) is 0 Å². The van der Waals surface area contributed by atoms with E-state index in [-0.39, 0.29) is 0 Å². The molecule has 0 aromatic heterocycles. The van der Waals surface area contributed by atoms with Gasteiger partial charge in [-0.3, -0.25) is 0 Å². The van der Waals surface area contributed by atoms with E-state index in [2.05, 4.69) is 70.2 Å². The molecule has 2 aromatic rings. The topological polar surface area (TPSA) is 3.24 Å². The number of para-hydroxylation sites is 1. The Bertz CT molecular complexity index is 611. The van der Waals surface area contributed by atoms with Gasteiger partial charge in [0, 0.05) is 27.8 Å². The van der Waals surface area contributed by atoms with Crippen LogP contribution in [0.5, 0.6) is 0 Å². The van der Waals surface area contributed by atoms with Crippen LogP contribution in [0.15, 0.2) is 46.9 Å². The lowest BCUT2D eigenvalue weighted by atomic mass is 10.1. The van der Waals surface area contributed by atoms with Crippen molar-refractivity contribution in [1.82, 2.24) is 0 Å². The normalized spacial score (nSPS) is 17.6. The van der Waals surface area contributed by atoms with Crippen LogP contribution in [0.1, 0.15) is 18.1 Å². The van der Waals surface area contributed by atoms with Crippen molar-refractivity contribution in [2.45, 2.75) is 25.3 Å². The Kier molecular flexibility index (Phi) is 3.55. The summed E-state index contributed by atoms with van der Waals surface area (Å²) in [6.07, 6.45) is 1.10. The molecule has 3 heteroatoms. The zero-order chi connectivity index (χ0) is 13.4. The molecule has 1 unspecified atom stereocenters. The highest BCUT2D eigenvalue weighted by atomic mass is 79.9. The first-order chi connectivity index (χ1) is 9.20. The molecule has 98 valence electrons. The van der Waals surface area contributed by atoms with Crippen molar-refractivity contribution in [1.29, 1.82) is 0 Å². The third-order valence-corrected chi connectivity index (χ3v) is 4.69. The van der Waals surface area contributed by atoms with Crippen LogP contribution in [-0.2, 0) is 12.3 Å². The standard InChI is InChI=1S/C16H15BrClN/c1-11-8-12-4-2-3-5-16(12)19(11)14-7-6-13(10-18)15(17)9-14/h2-7,9,11H,8,10H2,1H3. The highest BCUT2D eigenvalue weighted by Gasteiger charge is 2.26. The Morgan fingerprint density at radius 2 is 2.05 bits per heavy atom. The maximum absolute atomic E-state index is 5.91. The van der Waals surface area contributed by atoms with Crippen LogP contribution in [-0.4, -0.2) is 6.04 Å². The summed E-state index contributed by atoms with van der Waals surface area (Å²) in [4.78, 5) is 2.40. The van der Waals surface area contributed by atoms with Gasteiger partial charge in [-0.1, -0.05) is 40.2 Å². The molecule has 0 spiro atoms. The second-order valence-electron chi connectivity index (χ2n) is 4.96. The molecule has 1 atom stereocenters. The average molecular weight is 337 g/mol. The lowest BCUT2D eigenvalue weighted by molar-refractivity contribution is 0.758. The van der Waals surface area contributed by atoms with E-state index in [1.165, 1.54) is 16.9 Å². The minimum Gasteiger partial charge on any atom is -0.338 e. The van der Waals surface area contributed by atoms with Gasteiger partial charge in [-0.15, -0.1) is 11.6 Å². The molecule has 1 nitrogen and oxygen atoms in total. The first-order valence-corrected chi connectivity index (χ1v) is 7.75. The fourth-order valence-electron chi connectivity index (χ4n) is 2.75. The molecule has 1 aliphatic rings. The van der Waals surface area contributed by atoms with Gasteiger partial charge in [-0.05, 0) is 42.7 Å². The number of nitrogens with zero attached hydrogens (tertiary/aromatic N) is 1. The molecule has 0 aliphatic carbocycles. The van der Waals surface area contributed by atoms with Gasteiger partial charge in [-0.2, -0.15) is 0 Å². The van der Waals surface area contributed by atoms with Crippen molar-refractivity contribution >= 4 is 38.9 Å². The van der Waals surface area contributed by atoms with Gasteiger partial charge in [0.1, 0.15) is 0 Å². The van der Waals surface area contributed by atoms with E-state index in [4.69, 9.17) is 11.6 Å². The predicted molar refractivity (Wildman–Crippen MR) is 85.4 cm³/mol. The minimum absolute atomic E-state index is 0.492. The lowest BCUT2D eigenvalue weighted by Crippen LogP contribution is -2.23. The molecular formula is C16H15BrClN. The molecule has 2 aromatic carbocycles. The number of hydrogen-bond acceptors (Lipinski definition) is 1. The predicted octanol–water partition coefficient (Wildman–Crippen LogP) is 5.27. The number of alkyl halides is 1. The van der Waals surface area contributed by atoms with Gasteiger partial charge in [0.25, 0.3) is 0 Å². The van der Waals surface area contributed by atoms with Crippen LogP contribution < -0.4 is 4.90 Å². The monoisotopic (exact) mass is 335 g/mol. The number of fused-ring (bicyclic) bond motifs is 1. The van der Waals surface area contributed by atoms with E-state index in [1.807, 2.05) is 0 Å². The van der Waals surface area contributed by atoms with Gasteiger partial charge in [0.05, 0.1) is 0 Å². The van der Waals surface area contributed by atoms with Gasteiger partial charge >= 0.3 is 0 Å². The van der Waals surface area contributed by atoms with Crippen molar-refractivity contribution in [2.24, 2.45) is 0 Å². The van der Waals surface area contributed by atoms with Gasteiger partial charge in [-0.25, -0.2) is 0 Å². The maximum Gasteiger partial charge on any atom is 0.0485 e. The fraction of sp³-hybridized carbons (Fsp3) is 0.250. The third kappa shape index (κ3) is 2.28. The highest BCUT2D eigenvalue weighted by Crippen LogP contribution is 2.39. The summed E-state index contributed by atoms with van der Waals surface area (Å²) in [5.74, 6) is 0.535. The minimum atomic E-state index is 0.492. The van der Waals surface area contributed by atoms with E-state index in [0.717, 1.165) is 16.5 Å². The van der Waals surface area contributed by atoms with Crippen molar-refractivity contribution in [3.63, 3.8) is 0 Å². The molecule has 0 N–H and O–H groups in total. The van der Waals surface area contributed by atoms with Gasteiger partial charge in [0.2, 0.25) is 0 Å². The fourth-order valence-corrected chi connectivity index (χ4v) is 3.65. The first-order valence-electron chi connectivity index (χ1n) is 6.42. The molecule has 3 rings (SSSR count). The summed E-state index contributed by atoms with van der Waals surface area (Å²) < 4.78 is 1.08. The first kappa shape index (κ1) is 13.0. The van der Waals surface area contributed by atoms with Crippen molar-refractivity contribution < 1.29 is 0 Å². The van der Waals surface area contributed by atoms with Crippen LogP contribution in [0.3, 0.4) is 0 Å². The summed E-state index contributed by atoms with van der Waals surface area (Å²) in [5, 5.41) is 0. The number of anilines is 2. The maximum atomic E-state index is 5.91. The summed E-state index contributed by atoms with van der Waals surface area (Å²) >= 11 is 9.51. The quantitative estimate of drug-likeness (QED) is 0.675. The molecule has 0 radical (unpaired) electrons. The highest BCUT2D eigenvalue weighted by molar-refractivity contribution is 9.10. The van der Waals surface area contributed by atoms with Crippen molar-refractivity contribution in [3.05, 3.63) is 58.1 Å². The van der Waals surface area contributed by atoms with Crippen molar-refractivity contribution in [2.75, 3.05) is 4.90 Å². The Hall–Kier alpha value is -0.990.